The number of ether oxygens (including phenoxy) is 1. The van der Waals surface area contributed by atoms with Crippen molar-refractivity contribution in [2.75, 3.05) is 26.3 Å². The average molecular weight is 352 g/mol. The lowest BCUT2D eigenvalue weighted by atomic mass is 10.0. The fourth-order valence-corrected chi connectivity index (χ4v) is 3.18. The predicted molar refractivity (Wildman–Crippen MR) is 104 cm³/mol. The Hall–Kier alpha value is -2.17. The van der Waals surface area contributed by atoms with Crippen molar-refractivity contribution in [3.63, 3.8) is 0 Å². The van der Waals surface area contributed by atoms with Crippen LogP contribution in [0.3, 0.4) is 0 Å². The lowest BCUT2D eigenvalue weighted by Gasteiger charge is -2.26. The lowest BCUT2D eigenvalue weighted by molar-refractivity contribution is 0.0342. The van der Waals surface area contributed by atoms with E-state index in [1.807, 2.05) is 31.2 Å². The third kappa shape index (κ3) is 4.93. The number of rotatable bonds is 6. The second kappa shape index (κ2) is 8.97. The second-order valence-corrected chi connectivity index (χ2v) is 6.88. The van der Waals surface area contributed by atoms with E-state index in [1.165, 1.54) is 11.1 Å². The quantitative estimate of drug-likeness (QED) is 0.864. The van der Waals surface area contributed by atoms with Gasteiger partial charge in [0.05, 0.1) is 19.3 Å². The molecule has 2 aromatic carbocycles. The fourth-order valence-electron chi connectivity index (χ4n) is 3.18. The van der Waals surface area contributed by atoms with Crippen molar-refractivity contribution >= 4 is 5.91 Å². The number of amides is 1. The molecule has 138 valence electrons. The van der Waals surface area contributed by atoms with Crippen LogP contribution >= 0.6 is 0 Å². The maximum absolute atomic E-state index is 12.5. The van der Waals surface area contributed by atoms with Crippen molar-refractivity contribution in [3.8, 4) is 0 Å². The van der Waals surface area contributed by atoms with Crippen LogP contribution in [0.4, 0.5) is 0 Å². The molecule has 1 aliphatic rings. The molecule has 1 fully saturated rings. The van der Waals surface area contributed by atoms with Crippen molar-refractivity contribution in [2.45, 2.75) is 32.9 Å². The molecular weight excluding hydrogens is 324 g/mol. The van der Waals surface area contributed by atoms with E-state index in [0.717, 1.165) is 44.8 Å². The van der Waals surface area contributed by atoms with Gasteiger partial charge < -0.3 is 10.1 Å². The molecule has 4 heteroatoms. The molecule has 0 aromatic heterocycles. The first-order valence-corrected chi connectivity index (χ1v) is 9.44. The predicted octanol–water partition coefficient (Wildman–Crippen LogP) is 3.57. The van der Waals surface area contributed by atoms with E-state index < -0.39 is 0 Å². The number of morpholine rings is 1. The standard InChI is InChI=1S/C22H28N2O2/c1-3-18-4-8-20(9-5-18)17(2)23-22(25)21-10-6-19(7-11-21)16-24-12-14-26-15-13-24/h4-11,17H,3,12-16H2,1-2H3,(H,23,25)/t17-/m0/s1. The smallest absolute Gasteiger partial charge is 0.251 e. The number of benzene rings is 2. The number of nitrogens with zero attached hydrogens (tertiary/aromatic N) is 1. The highest BCUT2D eigenvalue weighted by Crippen LogP contribution is 2.15. The van der Waals surface area contributed by atoms with Crippen LogP contribution in [0.5, 0.6) is 0 Å². The summed E-state index contributed by atoms with van der Waals surface area (Å²) < 4.78 is 5.38. The highest BCUT2D eigenvalue weighted by Gasteiger charge is 2.13. The molecule has 26 heavy (non-hydrogen) atoms. The van der Waals surface area contributed by atoms with E-state index in [1.54, 1.807) is 0 Å². The maximum Gasteiger partial charge on any atom is 0.251 e. The van der Waals surface area contributed by atoms with Crippen molar-refractivity contribution < 1.29 is 9.53 Å². The van der Waals surface area contributed by atoms with Crippen molar-refractivity contribution in [1.82, 2.24) is 10.2 Å². The zero-order chi connectivity index (χ0) is 18.4. The first kappa shape index (κ1) is 18.6. The van der Waals surface area contributed by atoms with Gasteiger partial charge in [0.1, 0.15) is 0 Å². The Labute approximate surface area is 156 Å². The summed E-state index contributed by atoms with van der Waals surface area (Å²) in [6.45, 7) is 8.61. The van der Waals surface area contributed by atoms with Crippen LogP contribution in [-0.2, 0) is 17.7 Å². The van der Waals surface area contributed by atoms with Gasteiger partial charge in [-0.15, -0.1) is 0 Å². The minimum absolute atomic E-state index is 0.0126. The Morgan fingerprint density at radius 1 is 1.04 bits per heavy atom. The molecule has 4 nitrogen and oxygen atoms in total. The molecule has 1 atom stereocenters. The van der Waals surface area contributed by atoms with Crippen LogP contribution < -0.4 is 5.32 Å². The molecule has 1 heterocycles. The largest absolute Gasteiger partial charge is 0.379 e. The molecule has 3 rings (SSSR count). The number of carbonyl (C=O) groups excluding carboxylic acids is 1. The van der Waals surface area contributed by atoms with Crippen molar-refractivity contribution in [1.29, 1.82) is 0 Å². The number of aryl methyl sites for hydroxylation is 1. The Morgan fingerprint density at radius 2 is 1.65 bits per heavy atom. The zero-order valence-corrected chi connectivity index (χ0v) is 15.7. The van der Waals surface area contributed by atoms with Gasteiger partial charge in [0, 0.05) is 25.2 Å². The summed E-state index contributed by atoms with van der Waals surface area (Å²) in [4.78, 5) is 14.9. The summed E-state index contributed by atoms with van der Waals surface area (Å²) in [7, 11) is 0. The summed E-state index contributed by atoms with van der Waals surface area (Å²) in [6.07, 6.45) is 1.03. The summed E-state index contributed by atoms with van der Waals surface area (Å²) in [5.74, 6) is -0.0324. The molecule has 0 saturated carbocycles. The summed E-state index contributed by atoms with van der Waals surface area (Å²) in [6, 6.07) is 16.3. The van der Waals surface area contributed by atoms with Crippen molar-refractivity contribution in [2.24, 2.45) is 0 Å². The van der Waals surface area contributed by atoms with Gasteiger partial charge in [-0.25, -0.2) is 0 Å². The molecule has 0 aliphatic carbocycles. The molecule has 1 saturated heterocycles. The van der Waals surface area contributed by atoms with Crippen LogP contribution in [0, 0.1) is 0 Å². The van der Waals surface area contributed by atoms with Gasteiger partial charge in [-0.3, -0.25) is 9.69 Å². The third-order valence-corrected chi connectivity index (χ3v) is 4.96. The molecule has 1 aliphatic heterocycles. The number of carbonyl (C=O) groups is 1. The van der Waals surface area contributed by atoms with Crippen molar-refractivity contribution in [3.05, 3.63) is 70.8 Å². The molecule has 0 bridgehead atoms. The summed E-state index contributed by atoms with van der Waals surface area (Å²) in [5, 5.41) is 3.08. The van der Waals surface area contributed by atoms with Gasteiger partial charge >= 0.3 is 0 Å². The Bertz CT molecular complexity index is 704. The van der Waals surface area contributed by atoms with Crippen LogP contribution in [0.1, 0.15) is 46.9 Å². The van der Waals surface area contributed by atoms with Crippen LogP contribution in [0.2, 0.25) is 0 Å². The first-order chi connectivity index (χ1) is 12.7. The van der Waals surface area contributed by atoms with Crippen LogP contribution in [-0.4, -0.2) is 37.1 Å². The Kier molecular flexibility index (Phi) is 6.42. The minimum atomic E-state index is -0.0324. The topological polar surface area (TPSA) is 41.6 Å². The molecule has 0 radical (unpaired) electrons. The average Bonchev–Trinajstić information content (AvgIpc) is 2.69. The SMILES string of the molecule is CCc1ccc([C@H](C)NC(=O)c2ccc(CN3CCOCC3)cc2)cc1. The molecule has 0 unspecified atom stereocenters. The molecule has 2 aromatic rings. The van der Waals surface area contributed by atoms with Gasteiger partial charge in [0.15, 0.2) is 0 Å². The van der Waals surface area contributed by atoms with E-state index in [2.05, 4.69) is 41.4 Å². The van der Waals surface area contributed by atoms with Gasteiger partial charge in [-0.1, -0.05) is 43.3 Å². The number of hydrogen-bond acceptors (Lipinski definition) is 3. The Morgan fingerprint density at radius 3 is 2.27 bits per heavy atom. The third-order valence-electron chi connectivity index (χ3n) is 4.96. The molecule has 1 amide bonds. The monoisotopic (exact) mass is 352 g/mol. The molecule has 0 spiro atoms. The zero-order valence-electron chi connectivity index (χ0n) is 15.7. The Balaban J connectivity index is 1.56. The van der Waals surface area contributed by atoms with E-state index >= 15 is 0 Å². The van der Waals surface area contributed by atoms with Gasteiger partial charge in [0.25, 0.3) is 5.91 Å². The van der Waals surface area contributed by atoms with E-state index in [9.17, 15) is 4.79 Å². The van der Waals surface area contributed by atoms with Crippen LogP contribution in [0.15, 0.2) is 48.5 Å². The number of hydrogen-bond donors (Lipinski definition) is 1. The molecule has 1 N–H and O–H groups in total. The van der Waals surface area contributed by atoms with E-state index in [0.29, 0.717) is 5.56 Å². The van der Waals surface area contributed by atoms with Gasteiger partial charge in [-0.2, -0.15) is 0 Å². The van der Waals surface area contributed by atoms with Gasteiger partial charge in [0.2, 0.25) is 0 Å². The van der Waals surface area contributed by atoms with E-state index in [4.69, 9.17) is 4.74 Å². The van der Waals surface area contributed by atoms with Crippen LogP contribution in [0.25, 0.3) is 0 Å². The summed E-state index contributed by atoms with van der Waals surface area (Å²) >= 11 is 0. The van der Waals surface area contributed by atoms with E-state index in [-0.39, 0.29) is 11.9 Å². The highest BCUT2D eigenvalue weighted by molar-refractivity contribution is 5.94. The maximum atomic E-state index is 12.5. The number of nitrogens with one attached hydrogen (secondary N) is 1. The minimum Gasteiger partial charge on any atom is -0.379 e. The fraction of sp³-hybridized carbons (Fsp3) is 0.409. The highest BCUT2D eigenvalue weighted by atomic mass is 16.5. The second-order valence-electron chi connectivity index (χ2n) is 6.88. The first-order valence-electron chi connectivity index (χ1n) is 9.44. The van der Waals surface area contributed by atoms with Gasteiger partial charge in [-0.05, 0) is 42.2 Å². The molecular formula is C22H28N2O2. The lowest BCUT2D eigenvalue weighted by Crippen LogP contribution is -2.35. The summed E-state index contributed by atoms with van der Waals surface area (Å²) in [5.41, 5.74) is 4.36. The normalized spacial score (nSPS) is 16.2.